The summed E-state index contributed by atoms with van der Waals surface area (Å²) in [4.78, 5) is 26.8. The molecule has 1 aliphatic carbocycles. The van der Waals surface area contributed by atoms with Crippen LogP contribution in [0.1, 0.15) is 36.6 Å². The number of hydrogen-bond donors (Lipinski definition) is 0. The summed E-state index contributed by atoms with van der Waals surface area (Å²) < 4.78 is 21.2. The summed E-state index contributed by atoms with van der Waals surface area (Å²) in [5, 5.41) is 0. The molecule has 36 heavy (non-hydrogen) atoms. The molecule has 1 amide bonds. The third-order valence-electron chi connectivity index (χ3n) is 7.26. The van der Waals surface area contributed by atoms with Crippen LogP contribution < -0.4 is 4.74 Å². The molecule has 1 saturated carbocycles. The van der Waals surface area contributed by atoms with Crippen molar-refractivity contribution in [2.24, 2.45) is 10.9 Å². The Hall–Kier alpha value is -3.94. The molecular formula is C28H28FN5O2. The zero-order valence-corrected chi connectivity index (χ0v) is 20.6. The number of fused-ring (bicyclic) bond motifs is 1. The molecule has 1 unspecified atom stereocenters. The quantitative estimate of drug-likeness (QED) is 0.482. The van der Waals surface area contributed by atoms with Crippen LogP contribution in [0, 0.1) is 18.7 Å². The average molecular weight is 486 g/mol. The van der Waals surface area contributed by atoms with Crippen molar-refractivity contribution in [2.75, 3.05) is 20.2 Å². The molecule has 8 heteroatoms. The molecule has 3 aromatic rings. The Bertz CT molecular complexity index is 1410. The number of rotatable bonds is 6. The minimum atomic E-state index is -0.630. The van der Waals surface area contributed by atoms with Gasteiger partial charge >= 0.3 is 0 Å². The highest BCUT2D eigenvalue weighted by Crippen LogP contribution is 2.43. The number of hydrogen-bond acceptors (Lipinski definition) is 5. The number of ether oxygens (including phenoxy) is 1. The van der Waals surface area contributed by atoms with E-state index in [1.807, 2.05) is 42.8 Å². The molecule has 184 valence electrons. The van der Waals surface area contributed by atoms with Crippen molar-refractivity contribution >= 4 is 17.9 Å². The molecule has 0 bridgehead atoms. The Kier molecular flexibility index (Phi) is 5.21. The van der Waals surface area contributed by atoms with Crippen molar-refractivity contribution in [3.63, 3.8) is 0 Å². The number of carbonyl (C=O) groups excluding carboxylic acids is 1. The van der Waals surface area contributed by atoms with E-state index in [9.17, 15) is 9.18 Å². The summed E-state index contributed by atoms with van der Waals surface area (Å²) in [7, 11) is 1.63. The minimum Gasteiger partial charge on any atom is -0.495 e. The predicted octanol–water partition coefficient (Wildman–Crippen LogP) is 4.51. The zero-order valence-electron chi connectivity index (χ0n) is 20.6. The van der Waals surface area contributed by atoms with Gasteiger partial charge in [-0.25, -0.2) is 14.4 Å². The minimum absolute atomic E-state index is 0.150. The summed E-state index contributed by atoms with van der Waals surface area (Å²) in [6.45, 7) is 5.48. The first-order valence-corrected chi connectivity index (χ1v) is 12.2. The SMILES string of the molecule is COc1cc(/C=C2\N=C3N(CC4CC4)CC(C)(c4ccc(F)cc4)N3C2=O)ccc1-n1cnc(C)c1. The van der Waals surface area contributed by atoms with Gasteiger partial charge in [-0.2, -0.15) is 0 Å². The highest BCUT2D eigenvalue weighted by atomic mass is 19.1. The topological polar surface area (TPSA) is 63.0 Å². The third kappa shape index (κ3) is 3.77. The second kappa shape index (κ2) is 8.33. The number of aromatic nitrogens is 2. The van der Waals surface area contributed by atoms with E-state index in [-0.39, 0.29) is 11.7 Å². The third-order valence-corrected chi connectivity index (χ3v) is 7.26. The van der Waals surface area contributed by atoms with Crippen LogP contribution in [0.2, 0.25) is 0 Å². The van der Waals surface area contributed by atoms with Crippen LogP contribution in [0.3, 0.4) is 0 Å². The zero-order chi connectivity index (χ0) is 25.0. The maximum absolute atomic E-state index is 13.7. The van der Waals surface area contributed by atoms with E-state index in [2.05, 4.69) is 9.88 Å². The second-order valence-electron chi connectivity index (χ2n) is 10.0. The van der Waals surface area contributed by atoms with Crippen molar-refractivity contribution in [3.05, 3.63) is 83.3 Å². The summed E-state index contributed by atoms with van der Waals surface area (Å²) in [5.41, 5.74) is 3.24. The first kappa shape index (κ1) is 22.5. The van der Waals surface area contributed by atoms with Gasteiger partial charge in [0.05, 0.1) is 30.4 Å². The standard InChI is InChI=1S/C28H28FN5O2/c1-18-14-33(17-30-18)24-11-6-20(13-25(24)36-3)12-23-26(35)34-27(31-23)32(15-19-4-5-19)16-28(34,2)21-7-9-22(29)10-8-21/h6-14,17,19H,4-5,15-16H2,1-3H3/b23-12-. The van der Waals surface area contributed by atoms with Gasteiger partial charge in [-0.15, -0.1) is 0 Å². The number of nitrogens with zero attached hydrogens (tertiary/aromatic N) is 5. The van der Waals surface area contributed by atoms with Crippen LogP contribution in [0.25, 0.3) is 11.8 Å². The lowest BCUT2D eigenvalue weighted by molar-refractivity contribution is -0.125. The highest BCUT2D eigenvalue weighted by Gasteiger charge is 2.53. The van der Waals surface area contributed by atoms with Crippen molar-refractivity contribution in [3.8, 4) is 11.4 Å². The van der Waals surface area contributed by atoms with Crippen molar-refractivity contribution in [2.45, 2.75) is 32.2 Å². The van der Waals surface area contributed by atoms with Gasteiger partial charge in [0, 0.05) is 19.3 Å². The van der Waals surface area contributed by atoms with Crippen molar-refractivity contribution in [1.29, 1.82) is 0 Å². The van der Waals surface area contributed by atoms with Gasteiger partial charge in [-0.3, -0.25) is 9.69 Å². The lowest BCUT2D eigenvalue weighted by atomic mass is 9.91. The highest BCUT2D eigenvalue weighted by molar-refractivity contribution is 6.15. The van der Waals surface area contributed by atoms with Crippen LogP contribution in [-0.4, -0.2) is 51.4 Å². The van der Waals surface area contributed by atoms with E-state index in [1.165, 1.54) is 25.0 Å². The summed E-state index contributed by atoms with van der Waals surface area (Å²) in [6.07, 6.45) is 7.89. The van der Waals surface area contributed by atoms with Crippen LogP contribution >= 0.6 is 0 Å². The molecule has 3 aliphatic rings. The number of amides is 1. The van der Waals surface area contributed by atoms with Gasteiger partial charge in [0.25, 0.3) is 5.91 Å². The number of guanidine groups is 1. The van der Waals surface area contributed by atoms with Gasteiger partial charge < -0.3 is 14.2 Å². The number of aliphatic imine (C=N–C) groups is 1. The molecular weight excluding hydrogens is 457 g/mol. The normalized spacial score (nSPS) is 22.4. The molecule has 7 nitrogen and oxygen atoms in total. The van der Waals surface area contributed by atoms with Crippen molar-refractivity contribution in [1.82, 2.24) is 19.4 Å². The molecule has 0 radical (unpaired) electrons. The molecule has 2 aliphatic heterocycles. The maximum atomic E-state index is 13.7. The molecule has 1 aromatic heterocycles. The number of imidazole rings is 1. The molecule has 6 rings (SSSR count). The van der Waals surface area contributed by atoms with Crippen molar-refractivity contribution < 1.29 is 13.9 Å². The number of aryl methyl sites for hydroxylation is 1. The van der Waals surface area contributed by atoms with E-state index in [1.54, 1.807) is 36.5 Å². The fourth-order valence-electron chi connectivity index (χ4n) is 5.17. The molecule has 2 fully saturated rings. The Balaban J connectivity index is 1.37. The molecule has 1 atom stereocenters. The lowest BCUT2D eigenvalue weighted by Gasteiger charge is -2.31. The Labute approximate surface area is 209 Å². The number of halogens is 1. The first-order chi connectivity index (χ1) is 17.4. The molecule has 0 spiro atoms. The van der Waals surface area contributed by atoms with E-state index < -0.39 is 5.54 Å². The fourth-order valence-corrected chi connectivity index (χ4v) is 5.17. The van der Waals surface area contributed by atoms with Gasteiger partial charge in [-0.1, -0.05) is 18.2 Å². The van der Waals surface area contributed by atoms with Gasteiger partial charge in [-0.05, 0) is 74.1 Å². The number of methoxy groups -OCH3 is 1. The first-order valence-electron chi connectivity index (χ1n) is 12.2. The van der Waals surface area contributed by atoms with E-state index in [0.717, 1.165) is 29.1 Å². The Morgan fingerprint density at radius 3 is 2.64 bits per heavy atom. The van der Waals surface area contributed by atoms with E-state index >= 15 is 0 Å². The smallest absolute Gasteiger partial charge is 0.280 e. The molecule has 1 saturated heterocycles. The molecule has 2 aromatic carbocycles. The van der Waals surface area contributed by atoms with Crippen LogP contribution in [-0.2, 0) is 10.3 Å². The van der Waals surface area contributed by atoms with E-state index in [0.29, 0.717) is 29.9 Å². The van der Waals surface area contributed by atoms with Crippen LogP contribution in [0.5, 0.6) is 5.75 Å². The van der Waals surface area contributed by atoms with Gasteiger partial charge in [0.2, 0.25) is 5.96 Å². The van der Waals surface area contributed by atoms with E-state index in [4.69, 9.17) is 9.73 Å². The Morgan fingerprint density at radius 1 is 1.19 bits per heavy atom. The average Bonchev–Trinajstić information content (AvgIpc) is 3.38. The molecule has 0 N–H and O–H groups in total. The summed E-state index contributed by atoms with van der Waals surface area (Å²) >= 11 is 0. The maximum Gasteiger partial charge on any atom is 0.280 e. The second-order valence-corrected chi connectivity index (χ2v) is 10.0. The van der Waals surface area contributed by atoms with Gasteiger partial charge in [0.1, 0.15) is 17.3 Å². The van der Waals surface area contributed by atoms with Crippen LogP contribution in [0.4, 0.5) is 4.39 Å². The van der Waals surface area contributed by atoms with Gasteiger partial charge in [0.15, 0.2) is 0 Å². The van der Waals surface area contributed by atoms with Crippen LogP contribution in [0.15, 0.2) is 65.7 Å². The number of carbonyl (C=O) groups is 1. The number of benzene rings is 2. The lowest BCUT2D eigenvalue weighted by Crippen LogP contribution is -2.44. The monoisotopic (exact) mass is 485 g/mol. The fraction of sp³-hybridized carbons (Fsp3) is 0.321. The molecule has 3 heterocycles. The Morgan fingerprint density at radius 2 is 1.97 bits per heavy atom. The largest absolute Gasteiger partial charge is 0.495 e. The summed E-state index contributed by atoms with van der Waals surface area (Å²) in [5.74, 6) is 1.55. The summed E-state index contributed by atoms with van der Waals surface area (Å²) in [6, 6.07) is 12.2. The predicted molar refractivity (Wildman–Crippen MR) is 135 cm³/mol.